The first-order valence-electron chi connectivity index (χ1n) is 7.95. The smallest absolute Gasteiger partial charge is 0.0596 e. The number of rotatable bonds is 5. The van der Waals surface area contributed by atoms with Gasteiger partial charge in [-0.15, -0.1) is 0 Å². The Morgan fingerprint density at radius 2 is 2.05 bits per heavy atom. The summed E-state index contributed by atoms with van der Waals surface area (Å²) in [6.07, 6.45) is 7.00. The summed E-state index contributed by atoms with van der Waals surface area (Å²) in [5.41, 5.74) is 2.56. The molecule has 0 aliphatic heterocycles. The van der Waals surface area contributed by atoms with E-state index in [1.54, 1.807) is 0 Å². The third kappa shape index (κ3) is 2.45. The maximum absolute atomic E-state index is 4.58. The van der Waals surface area contributed by atoms with Crippen LogP contribution in [0.1, 0.15) is 44.0 Å². The average molecular weight is 261 g/mol. The Kier molecular flexibility index (Phi) is 3.66. The van der Waals surface area contributed by atoms with E-state index in [0.29, 0.717) is 6.04 Å². The quantitative estimate of drug-likeness (QED) is 0.883. The molecule has 106 valence electrons. The predicted molar refractivity (Wildman–Crippen MR) is 78.1 cm³/mol. The van der Waals surface area contributed by atoms with Crippen LogP contribution in [0.15, 0.2) is 6.07 Å². The Bertz CT molecular complexity index is 425. The number of hydrogen-bond donors (Lipinski definition) is 1. The maximum atomic E-state index is 4.58. The second-order valence-electron chi connectivity index (χ2n) is 6.38. The van der Waals surface area contributed by atoms with Gasteiger partial charge in [-0.2, -0.15) is 5.10 Å². The SMILES string of the molecule is CCn1nc(C)cc1CC(NC)C1C2CCCCC21. The van der Waals surface area contributed by atoms with Crippen molar-refractivity contribution in [1.82, 2.24) is 15.1 Å². The molecule has 2 aliphatic rings. The lowest BCUT2D eigenvalue weighted by atomic mass is 10.0. The van der Waals surface area contributed by atoms with Gasteiger partial charge < -0.3 is 5.32 Å². The fourth-order valence-electron chi connectivity index (χ4n) is 4.34. The highest BCUT2D eigenvalue weighted by Crippen LogP contribution is 2.57. The predicted octanol–water partition coefficient (Wildman–Crippen LogP) is 2.78. The lowest BCUT2D eigenvalue weighted by Crippen LogP contribution is -2.32. The molecule has 0 radical (unpaired) electrons. The van der Waals surface area contributed by atoms with Crippen molar-refractivity contribution in [3.05, 3.63) is 17.5 Å². The van der Waals surface area contributed by atoms with Crippen molar-refractivity contribution in [2.24, 2.45) is 17.8 Å². The molecule has 1 aromatic rings. The number of likely N-dealkylation sites (N-methyl/N-ethyl adjacent to an activating group) is 1. The van der Waals surface area contributed by atoms with Crippen LogP contribution in [-0.4, -0.2) is 22.9 Å². The zero-order valence-electron chi connectivity index (χ0n) is 12.5. The number of nitrogens with one attached hydrogen (secondary N) is 1. The van der Waals surface area contributed by atoms with Crippen molar-refractivity contribution in [3.8, 4) is 0 Å². The first kappa shape index (κ1) is 13.2. The van der Waals surface area contributed by atoms with Crippen LogP contribution in [0.5, 0.6) is 0 Å². The first-order chi connectivity index (χ1) is 9.24. The lowest BCUT2D eigenvalue weighted by molar-refractivity contribution is 0.444. The van der Waals surface area contributed by atoms with Crippen molar-refractivity contribution in [2.75, 3.05) is 7.05 Å². The van der Waals surface area contributed by atoms with E-state index in [1.807, 2.05) is 0 Å². The minimum absolute atomic E-state index is 0.648. The Hall–Kier alpha value is -0.830. The lowest BCUT2D eigenvalue weighted by Gasteiger charge is -2.17. The molecular weight excluding hydrogens is 234 g/mol. The summed E-state index contributed by atoms with van der Waals surface area (Å²) in [5, 5.41) is 8.16. The van der Waals surface area contributed by atoms with E-state index in [1.165, 1.54) is 31.4 Å². The van der Waals surface area contributed by atoms with Crippen LogP contribution in [0, 0.1) is 24.7 Å². The summed E-state index contributed by atoms with van der Waals surface area (Å²) in [6.45, 7) is 5.26. The Morgan fingerprint density at radius 3 is 2.63 bits per heavy atom. The van der Waals surface area contributed by atoms with Crippen LogP contribution in [-0.2, 0) is 13.0 Å². The molecular formula is C16H27N3. The highest BCUT2D eigenvalue weighted by molar-refractivity contribution is 5.14. The van der Waals surface area contributed by atoms with Crippen LogP contribution in [0.25, 0.3) is 0 Å². The molecule has 1 aromatic heterocycles. The van der Waals surface area contributed by atoms with Gasteiger partial charge in [0, 0.05) is 24.7 Å². The molecule has 1 N–H and O–H groups in total. The molecule has 3 heteroatoms. The third-order valence-corrected chi connectivity index (χ3v) is 5.27. The molecule has 3 unspecified atom stereocenters. The average Bonchev–Trinajstić information content (AvgIpc) is 3.04. The minimum Gasteiger partial charge on any atom is -0.316 e. The molecule has 2 fully saturated rings. The zero-order valence-corrected chi connectivity index (χ0v) is 12.5. The highest BCUT2D eigenvalue weighted by atomic mass is 15.3. The Labute approximate surface area is 116 Å². The maximum Gasteiger partial charge on any atom is 0.0596 e. The summed E-state index contributed by atoms with van der Waals surface area (Å²) >= 11 is 0. The zero-order chi connectivity index (χ0) is 13.4. The monoisotopic (exact) mass is 261 g/mol. The van der Waals surface area contributed by atoms with Crippen LogP contribution in [0.2, 0.25) is 0 Å². The molecule has 1 heterocycles. The van der Waals surface area contributed by atoms with Crippen LogP contribution >= 0.6 is 0 Å². The van der Waals surface area contributed by atoms with Crippen molar-refractivity contribution in [3.63, 3.8) is 0 Å². The normalized spacial score (nSPS) is 31.0. The molecule has 0 saturated heterocycles. The number of aromatic nitrogens is 2. The van der Waals surface area contributed by atoms with E-state index in [9.17, 15) is 0 Å². The van der Waals surface area contributed by atoms with E-state index in [0.717, 1.165) is 36.4 Å². The molecule has 0 bridgehead atoms. The molecule has 0 amide bonds. The summed E-state index contributed by atoms with van der Waals surface area (Å²) in [6, 6.07) is 2.91. The van der Waals surface area contributed by atoms with Gasteiger partial charge in [0.2, 0.25) is 0 Å². The summed E-state index contributed by atoms with van der Waals surface area (Å²) in [7, 11) is 2.13. The molecule has 0 aromatic carbocycles. The third-order valence-electron chi connectivity index (χ3n) is 5.27. The van der Waals surface area contributed by atoms with Crippen LogP contribution in [0.4, 0.5) is 0 Å². The molecule has 2 aliphatic carbocycles. The fourth-order valence-corrected chi connectivity index (χ4v) is 4.34. The summed E-state index contributed by atoms with van der Waals surface area (Å²) in [4.78, 5) is 0. The van der Waals surface area contributed by atoms with Gasteiger partial charge in [-0.3, -0.25) is 4.68 Å². The first-order valence-corrected chi connectivity index (χ1v) is 7.95. The number of fused-ring (bicyclic) bond motifs is 1. The second-order valence-corrected chi connectivity index (χ2v) is 6.38. The minimum atomic E-state index is 0.648. The molecule has 2 saturated carbocycles. The van der Waals surface area contributed by atoms with Gasteiger partial charge in [-0.1, -0.05) is 12.8 Å². The van der Waals surface area contributed by atoms with Crippen molar-refractivity contribution in [2.45, 2.75) is 58.5 Å². The van der Waals surface area contributed by atoms with Crippen LogP contribution in [0.3, 0.4) is 0 Å². The van der Waals surface area contributed by atoms with Crippen LogP contribution < -0.4 is 5.32 Å². The molecule has 3 rings (SSSR count). The van der Waals surface area contributed by atoms with E-state index >= 15 is 0 Å². The van der Waals surface area contributed by atoms with Gasteiger partial charge >= 0.3 is 0 Å². The molecule has 3 atom stereocenters. The molecule has 19 heavy (non-hydrogen) atoms. The van der Waals surface area contributed by atoms with E-state index in [2.05, 4.69) is 42.1 Å². The number of hydrogen-bond acceptors (Lipinski definition) is 2. The van der Waals surface area contributed by atoms with Crippen molar-refractivity contribution in [1.29, 1.82) is 0 Å². The number of nitrogens with zero attached hydrogens (tertiary/aromatic N) is 2. The molecule has 0 spiro atoms. The van der Waals surface area contributed by atoms with Gasteiger partial charge in [0.05, 0.1) is 5.69 Å². The van der Waals surface area contributed by atoms with Gasteiger partial charge in [0.1, 0.15) is 0 Å². The standard InChI is InChI=1S/C16H27N3/c1-4-19-12(9-11(2)18-19)10-15(17-3)16-13-7-5-6-8-14(13)16/h9,13-17H,4-8,10H2,1-3H3. The van der Waals surface area contributed by atoms with Crippen molar-refractivity contribution >= 4 is 0 Å². The fraction of sp³-hybridized carbons (Fsp3) is 0.812. The highest BCUT2D eigenvalue weighted by Gasteiger charge is 2.53. The van der Waals surface area contributed by atoms with Gasteiger partial charge in [0.25, 0.3) is 0 Å². The topological polar surface area (TPSA) is 29.9 Å². The van der Waals surface area contributed by atoms with Crippen molar-refractivity contribution < 1.29 is 0 Å². The molecule has 3 nitrogen and oxygen atoms in total. The van der Waals surface area contributed by atoms with E-state index in [4.69, 9.17) is 0 Å². The summed E-state index contributed by atoms with van der Waals surface area (Å²) in [5.74, 6) is 2.96. The summed E-state index contributed by atoms with van der Waals surface area (Å²) < 4.78 is 2.17. The Balaban J connectivity index is 1.70. The van der Waals surface area contributed by atoms with E-state index in [-0.39, 0.29) is 0 Å². The largest absolute Gasteiger partial charge is 0.316 e. The van der Waals surface area contributed by atoms with Gasteiger partial charge in [-0.05, 0) is 57.6 Å². The second kappa shape index (κ2) is 5.28. The van der Waals surface area contributed by atoms with E-state index < -0.39 is 0 Å². The number of aryl methyl sites for hydroxylation is 2. The van der Waals surface area contributed by atoms with Gasteiger partial charge in [-0.25, -0.2) is 0 Å². The Morgan fingerprint density at radius 1 is 1.37 bits per heavy atom. The van der Waals surface area contributed by atoms with Gasteiger partial charge in [0.15, 0.2) is 0 Å².